The van der Waals surface area contributed by atoms with Crippen molar-refractivity contribution in [3.8, 4) is 0 Å². The molecule has 0 spiro atoms. The van der Waals surface area contributed by atoms with Crippen LogP contribution in [0.25, 0.3) is 0 Å². The molecule has 0 aliphatic carbocycles. The van der Waals surface area contributed by atoms with Gasteiger partial charge < -0.3 is 15.3 Å². The van der Waals surface area contributed by atoms with Crippen molar-refractivity contribution in [1.29, 1.82) is 0 Å². The third-order valence-electron chi connectivity index (χ3n) is 0. The molecule has 3 nitrogen and oxygen atoms in total. The molecule has 0 fully saturated rings. The zero-order valence-electron chi connectivity index (χ0n) is 7.50. The first-order chi connectivity index (χ1) is 4.24. The maximum absolute atomic E-state index is 8.93. The van der Waals surface area contributed by atoms with Crippen LogP contribution in [0.15, 0.2) is 0 Å². The first-order valence-electron chi connectivity index (χ1n) is 2.99. The number of hydrogen-bond acceptors (Lipinski definition) is 3. The van der Waals surface area contributed by atoms with E-state index in [9.17, 15) is 0 Å². The number of hydrogen-bond donors (Lipinski definition) is 0. The maximum Gasteiger partial charge on any atom is 3.00 e. The van der Waals surface area contributed by atoms with Crippen LogP contribution in [-0.2, 0) is 0 Å². The van der Waals surface area contributed by atoms with Crippen LogP contribution in [-0.4, -0.2) is 54.5 Å². The average molecular weight is 189 g/mol. The molecular weight excluding hydrogens is 174 g/mol. The minimum absolute atomic E-state index is 0. The molecule has 0 saturated carbocycles. The van der Waals surface area contributed by atoms with Gasteiger partial charge in [0.15, 0.2) is 0 Å². The molecule has 0 aliphatic rings. The summed E-state index contributed by atoms with van der Waals surface area (Å²) in [5.41, 5.74) is 0. The molecule has 0 amide bonds. The van der Waals surface area contributed by atoms with Gasteiger partial charge in [0.25, 0.3) is 0 Å². The first-order valence-corrected chi connectivity index (χ1v) is 2.99. The van der Waals surface area contributed by atoms with Crippen molar-refractivity contribution in [2.24, 2.45) is 0 Å². The van der Waals surface area contributed by atoms with Crippen LogP contribution in [0.1, 0.15) is 20.8 Å². The Balaban J connectivity index is -0.0000000150. The Morgan fingerprint density at radius 2 is 0.636 bits per heavy atom. The molecule has 0 unspecified atom stereocenters. The van der Waals surface area contributed by atoms with E-state index < -0.39 is 0 Å². The van der Waals surface area contributed by atoms with Crippen LogP contribution in [0, 0.1) is 0 Å². The van der Waals surface area contributed by atoms with Gasteiger partial charge in [-0.05, 0) is 0 Å². The van der Waals surface area contributed by atoms with Crippen molar-refractivity contribution in [3.05, 3.63) is 0 Å². The van der Waals surface area contributed by atoms with Gasteiger partial charge in [-0.2, -0.15) is 0 Å². The molecule has 0 aromatic rings. The van der Waals surface area contributed by atoms with Crippen LogP contribution < -0.4 is 15.3 Å². The van der Waals surface area contributed by atoms with E-state index in [1.807, 2.05) is 0 Å². The Kier molecular flexibility index (Phi) is 188. The predicted molar refractivity (Wildman–Crippen MR) is 43.1 cm³/mol. The molecule has 0 bridgehead atoms. The fourth-order valence-electron chi connectivity index (χ4n) is 0. The predicted octanol–water partition coefficient (Wildman–Crippen LogP) is -2.66. The standard InChI is InChI=1S/3C2H5O.2Al/c3*1-2-3;;/h3*2H2,1H3;;/q3*-1;2*+3. The molecule has 0 aromatic carbocycles. The fraction of sp³-hybridized carbons (Fsp3) is 1.00. The summed E-state index contributed by atoms with van der Waals surface area (Å²) in [7, 11) is 0. The largest absolute Gasteiger partial charge is 3.00 e. The summed E-state index contributed by atoms with van der Waals surface area (Å²) in [5, 5.41) is 26.8. The van der Waals surface area contributed by atoms with E-state index in [1.54, 1.807) is 20.8 Å². The Hall–Kier alpha value is 0.945. The Labute approximate surface area is 90.7 Å². The molecule has 0 rings (SSSR count). The van der Waals surface area contributed by atoms with E-state index in [1.165, 1.54) is 0 Å². The molecule has 0 aliphatic heterocycles. The van der Waals surface area contributed by atoms with Gasteiger partial charge in [0.2, 0.25) is 0 Å². The second-order valence-electron chi connectivity index (χ2n) is 0.866. The van der Waals surface area contributed by atoms with Crippen LogP contribution >= 0.6 is 0 Å². The molecule has 0 radical (unpaired) electrons. The molecule has 0 heterocycles. The summed E-state index contributed by atoms with van der Waals surface area (Å²) in [6.07, 6.45) is 0. The van der Waals surface area contributed by atoms with Gasteiger partial charge in [0, 0.05) is 0 Å². The second-order valence-corrected chi connectivity index (χ2v) is 0.866. The minimum atomic E-state index is 0. The van der Waals surface area contributed by atoms with Crippen molar-refractivity contribution < 1.29 is 15.3 Å². The van der Waals surface area contributed by atoms with Gasteiger partial charge in [0.05, 0.1) is 0 Å². The SMILES string of the molecule is CC[O-].CC[O-].CC[O-].[Al+3].[Al+3]. The van der Waals surface area contributed by atoms with E-state index >= 15 is 0 Å². The topological polar surface area (TPSA) is 69.2 Å². The summed E-state index contributed by atoms with van der Waals surface area (Å²) in [4.78, 5) is 0. The molecule has 0 aromatic heterocycles. The van der Waals surface area contributed by atoms with Gasteiger partial charge >= 0.3 is 34.7 Å². The van der Waals surface area contributed by atoms with E-state index in [-0.39, 0.29) is 54.5 Å². The molecule has 0 atom stereocenters. The average Bonchev–Trinajstić information content (AvgIpc) is 1.70. The fourth-order valence-corrected chi connectivity index (χ4v) is 0. The molecular formula is C6H15Al2O3+3. The Morgan fingerprint density at radius 1 is 0.636 bits per heavy atom. The van der Waals surface area contributed by atoms with E-state index in [0.717, 1.165) is 0 Å². The van der Waals surface area contributed by atoms with Gasteiger partial charge in [-0.25, -0.2) is 0 Å². The van der Waals surface area contributed by atoms with Crippen LogP contribution in [0.2, 0.25) is 0 Å². The Morgan fingerprint density at radius 3 is 0.636 bits per heavy atom. The molecule has 60 valence electrons. The van der Waals surface area contributed by atoms with Gasteiger partial charge in [0.1, 0.15) is 0 Å². The molecule has 0 N–H and O–H groups in total. The third-order valence-corrected chi connectivity index (χ3v) is 0. The van der Waals surface area contributed by atoms with E-state index in [0.29, 0.717) is 0 Å². The summed E-state index contributed by atoms with van der Waals surface area (Å²) in [6, 6.07) is 0. The summed E-state index contributed by atoms with van der Waals surface area (Å²) in [5.74, 6) is 0. The molecule has 0 saturated heterocycles. The van der Waals surface area contributed by atoms with Crippen molar-refractivity contribution in [2.45, 2.75) is 20.8 Å². The maximum atomic E-state index is 8.93. The number of rotatable bonds is 0. The first kappa shape index (κ1) is 29.7. The summed E-state index contributed by atoms with van der Waals surface area (Å²) >= 11 is 0. The van der Waals surface area contributed by atoms with Crippen molar-refractivity contribution in [3.63, 3.8) is 0 Å². The smallest absolute Gasteiger partial charge is 0.855 e. The van der Waals surface area contributed by atoms with Gasteiger partial charge in [-0.15, -0.1) is 19.8 Å². The van der Waals surface area contributed by atoms with Crippen LogP contribution in [0.4, 0.5) is 0 Å². The van der Waals surface area contributed by atoms with Crippen LogP contribution in [0.5, 0.6) is 0 Å². The monoisotopic (exact) mass is 189 g/mol. The van der Waals surface area contributed by atoms with E-state index in [4.69, 9.17) is 15.3 Å². The zero-order chi connectivity index (χ0) is 8.12. The van der Waals surface area contributed by atoms with Gasteiger partial charge in [-0.3, -0.25) is 0 Å². The minimum Gasteiger partial charge on any atom is -0.855 e. The van der Waals surface area contributed by atoms with Crippen molar-refractivity contribution >= 4 is 34.7 Å². The Bertz CT molecular complexity index is 20.5. The zero-order valence-corrected chi connectivity index (χ0v) is 9.81. The van der Waals surface area contributed by atoms with E-state index in [2.05, 4.69) is 0 Å². The van der Waals surface area contributed by atoms with Crippen molar-refractivity contribution in [1.82, 2.24) is 0 Å². The second kappa shape index (κ2) is 69.6. The summed E-state index contributed by atoms with van der Waals surface area (Å²) < 4.78 is 0. The summed E-state index contributed by atoms with van der Waals surface area (Å²) in [6.45, 7) is 4.71. The molecule has 11 heavy (non-hydrogen) atoms. The van der Waals surface area contributed by atoms with Crippen molar-refractivity contribution in [2.75, 3.05) is 19.8 Å². The molecule has 5 heteroatoms. The quantitative estimate of drug-likeness (QED) is 0.390. The van der Waals surface area contributed by atoms with Crippen LogP contribution in [0.3, 0.4) is 0 Å². The third kappa shape index (κ3) is 981. The van der Waals surface area contributed by atoms with Gasteiger partial charge in [-0.1, -0.05) is 20.8 Å². The normalized spacial score (nSPS) is 4.91.